The van der Waals surface area contributed by atoms with Crippen molar-refractivity contribution >= 4 is 27.5 Å². The number of aliphatic hydroxyl groups is 1. The smallest absolute Gasteiger partial charge is 0.224 e. The molecule has 14 heavy (non-hydrogen) atoms. The molecule has 4 heteroatoms. The highest BCUT2D eigenvalue weighted by Crippen LogP contribution is 2.31. The number of fused-ring (bicyclic) bond motifs is 1. The van der Waals surface area contributed by atoms with Gasteiger partial charge in [-0.3, -0.25) is 4.79 Å². The van der Waals surface area contributed by atoms with Crippen molar-refractivity contribution in [3.63, 3.8) is 0 Å². The van der Waals surface area contributed by atoms with E-state index < -0.39 is 6.10 Å². The number of amides is 1. The molecular weight excluding hydrogens is 246 g/mol. The average Bonchev–Trinajstić information content (AvgIpc) is 2.29. The van der Waals surface area contributed by atoms with Crippen LogP contribution in [0.1, 0.15) is 24.5 Å². The largest absolute Gasteiger partial charge is 0.388 e. The number of hydrogen-bond donors (Lipinski definition) is 2. The van der Waals surface area contributed by atoms with Gasteiger partial charge in [0.05, 0.1) is 6.10 Å². The second kappa shape index (κ2) is 3.71. The molecule has 0 fully saturated rings. The molecule has 0 saturated carbocycles. The molecule has 3 nitrogen and oxygen atoms in total. The van der Waals surface area contributed by atoms with E-state index in [0.29, 0.717) is 18.5 Å². The van der Waals surface area contributed by atoms with Crippen LogP contribution in [0.25, 0.3) is 0 Å². The molecule has 1 atom stereocenters. The maximum atomic E-state index is 11.2. The van der Waals surface area contributed by atoms with Gasteiger partial charge in [-0.25, -0.2) is 0 Å². The van der Waals surface area contributed by atoms with E-state index in [1.807, 2.05) is 12.1 Å². The first-order valence-electron chi connectivity index (χ1n) is 4.44. The van der Waals surface area contributed by atoms with Crippen molar-refractivity contribution in [1.82, 2.24) is 0 Å². The highest BCUT2D eigenvalue weighted by atomic mass is 79.9. The van der Waals surface area contributed by atoms with E-state index >= 15 is 0 Å². The lowest BCUT2D eigenvalue weighted by molar-refractivity contribution is -0.116. The van der Waals surface area contributed by atoms with Gasteiger partial charge in [-0.1, -0.05) is 15.9 Å². The summed E-state index contributed by atoms with van der Waals surface area (Å²) in [4.78, 5) is 11.2. The SMILES string of the molecule is O=C1CCC(O)c2cc(Br)ccc2N1. The predicted molar refractivity (Wildman–Crippen MR) is 57.0 cm³/mol. The minimum Gasteiger partial charge on any atom is -0.388 e. The molecule has 1 amide bonds. The van der Waals surface area contributed by atoms with Crippen LogP contribution in [0, 0.1) is 0 Å². The van der Waals surface area contributed by atoms with Crippen LogP contribution >= 0.6 is 15.9 Å². The van der Waals surface area contributed by atoms with Crippen LogP contribution < -0.4 is 5.32 Å². The molecule has 1 heterocycles. The van der Waals surface area contributed by atoms with E-state index in [0.717, 1.165) is 10.0 Å². The molecule has 0 aliphatic carbocycles. The predicted octanol–water partition coefficient (Wildman–Crippen LogP) is 2.21. The van der Waals surface area contributed by atoms with Crippen LogP contribution in [0.5, 0.6) is 0 Å². The summed E-state index contributed by atoms with van der Waals surface area (Å²) in [5, 5.41) is 12.5. The summed E-state index contributed by atoms with van der Waals surface area (Å²) in [7, 11) is 0. The van der Waals surface area contributed by atoms with Crippen molar-refractivity contribution in [2.45, 2.75) is 18.9 Å². The van der Waals surface area contributed by atoms with Crippen LogP contribution in [0.2, 0.25) is 0 Å². The van der Waals surface area contributed by atoms with Gasteiger partial charge in [-0.2, -0.15) is 0 Å². The second-order valence-electron chi connectivity index (χ2n) is 3.33. The van der Waals surface area contributed by atoms with Gasteiger partial charge in [0.15, 0.2) is 0 Å². The highest BCUT2D eigenvalue weighted by Gasteiger charge is 2.19. The van der Waals surface area contributed by atoms with Crippen molar-refractivity contribution in [2.75, 3.05) is 5.32 Å². The first kappa shape index (κ1) is 9.68. The Morgan fingerprint density at radius 1 is 1.50 bits per heavy atom. The standard InChI is InChI=1S/C10H10BrNO2/c11-6-1-2-8-7(5-6)9(13)3-4-10(14)12-8/h1-2,5,9,13H,3-4H2,(H,12,14). The topological polar surface area (TPSA) is 49.3 Å². The first-order valence-corrected chi connectivity index (χ1v) is 5.23. The molecule has 2 rings (SSSR count). The minimum atomic E-state index is -0.554. The molecule has 0 spiro atoms. The molecule has 2 N–H and O–H groups in total. The third-order valence-electron chi connectivity index (χ3n) is 2.29. The quantitative estimate of drug-likeness (QED) is 0.747. The summed E-state index contributed by atoms with van der Waals surface area (Å²) < 4.78 is 0.909. The molecule has 0 radical (unpaired) electrons. The van der Waals surface area contributed by atoms with Gasteiger partial charge in [0.1, 0.15) is 0 Å². The lowest BCUT2D eigenvalue weighted by Crippen LogP contribution is -2.08. The Kier molecular flexibility index (Phi) is 2.56. The fourth-order valence-corrected chi connectivity index (χ4v) is 1.94. The molecular formula is C10H10BrNO2. The summed E-state index contributed by atoms with van der Waals surface area (Å²) in [5.74, 6) is -0.0369. The van der Waals surface area contributed by atoms with E-state index in [2.05, 4.69) is 21.2 Å². The van der Waals surface area contributed by atoms with Gasteiger partial charge in [0.25, 0.3) is 0 Å². The first-order chi connectivity index (χ1) is 6.66. The van der Waals surface area contributed by atoms with Gasteiger partial charge < -0.3 is 10.4 Å². The van der Waals surface area contributed by atoms with Crippen LogP contribution in [0.3, 0.4) is 0 Å². The highest BCUT2D eigenvalue weighted by molar-refractivity contribution is 9.10. The number of aliphatic hydroxyl groups excluding tert-OH is 1. The van der Waals surface area contributed by atoms with E-state index in [1.165, 1.54) is 0 Å². The van der Waals surface area contributed by atoms with Crippen molar-refractivity contribution in [2.24, 2.45) is 0 Å². The third-order valence-corrected chi connectivity index (χ3v) is 2.78. The minimum absolute atomic E-state index is 0.0369. The molecule has 1 aromatic rings. The van der Waals surface area contributed by atoms with Crippen molar-refractivity contribution in [3.8, 4) is 0 Å². The number of nitrogens with one attached hydrogen (secondary N) is 1. The third kappa shape index (κ3) is 1.81. The molecule has 1 aliphatic heterocycles. The van der Waals surface area contributed by atoms with Gasteiger partial charge >= 0.3 is 0 Å². The van der Waals surface area contributed by atoms with Crippen molar-refractivity contribution < 1.29 is 9.90 Å². The van der Waals surface area contributed by atoms with Gasteiger partial charge in [0, 0.05) is 22.1 Å². The monoisotopic (exact) mass is 255 g/mol. The summed E-state index contributed by atoms with van der Waals surface area (Å²) in [6, 6.07) is 5.48. The van der Waals surface area contributed by atoms with Crippen LogP contribution in [0.4, 0.5) is 5.69 Å². The Labute approximate surface area is 90.3 Å². The Hall–Kier alpha value is -0.870. The number of halogens is 1. The number of hydrogen-bond acceptors (Lipinski definition) is 2. The summed E-state index contributed by atoms with van der Waals surface area (Å²) in [5.41, 5.74) is 1.49. The lowest BCUT2D eigenvalue weighted by atomic mass is 10.1. The van der Waals surface area contributed by atoms with E-state index in [4.69, 9.17) is 0 Å². The van der Waals surface area contributed by atoms with Gasteiger partial charge in [-0.15, -0.1) is 0 Å². The fourth-order valence-electron chi connectivity index (χ4n) is 1.56. The van der Waals surface area contributed by atoms with Crippen LogP contribution in [-0.4, -0.2) is 11.0 Å². The van der Waals surface area contributed by atoms with Crippen LogP contribution in [-0.2, 0) is 4.79 Å². The molecule has 0 saturated heterocycles. The lowest BCUT2D eigenvalue weighted by Gasteiger charge is -2.10. The van der Waals surface area contributed by atoms with Gasteiger partial charge in [0.2, 0.25) is 5.91 Å². The van der Waals surface area contributed by atoms with E-state index in [1.54, 1.807) is 6.07 Å². The Morgan fingerprint density at radius 3 is 3.07 bits per heavy atom. The molecule has 74 valence electrons. The maximum Gasteiger partial charge on any atom is 0.224 e. The molecule has 1 aliphatic rings. The number of anilines is 1. The Balaban J connectivity index is 2.46. The zero-order valence-corrected chi connectivity index (χ0v) is 9.04. The Bertz CT molecular complexity index is 378. The molecule has 1 unspecified atom stereocenters. The van der Waals surface area contributed by atoms with Crippen LogP contribution in [0.15, 0.2) is 22.7 Å². The van der Waals surface area contributed by atoms with E-state index in [9.17, 15) is 9.90 Å². The summed E-state index contributed by atoms with van der Waals surface area (Å²) >= 11 is 3.33. The zero-order chi connectivity index (χ0) is 10.1. The summed E-state index contributed by atoms with van der Waals surface area (Å²) in [6.45, 7) is 0. The fraction of sp³-hybridized carbons (Fsp3) is 0.300. The average molecular weight is 256 g/mol. The van der Waals surface area contributed by atoms with Crippen molar-refractivity contribution in [3.05, 3.63) is 28.2 Å². The normalized spacial score (nSPS) is 21.0. The van der Waals surface area contributed by atoms with Crippen molar-refractivity contribution in [1.29, 1.82) is 0 Å². The van der Waals surface area contributed by atoms with Gasteiger partial charge in [-0.05, 0) is 24.6 Å². The molecule has 0 aromatic heterocycles. The second-order valence-corrected chi connectivity index (χ2v) is 4.25. The number of carbonyl (C=O) groups excluding carboxylic acids is 1. The number of rotatable bonds is 0. The van der Waals surface area contributed by atoms with E-state index in [-0.39, 0.29) is 5.91 Å². The molecule has 0 bridgehead atoms. The number of benzene rings is 1. The molecule has 1 aromatic carbocycles. The number of carbonyl (C=O) groups is 1. The Morgan fingerprint density at radius 2 is 2.29 bits per heavy atom. The summed E-state index contributed by atoms with van der Waals surface area (Å²) in [6.07, 6.45) is 0.296. The zero-order valence-electron chi connectivity index (χ0n) is 7.46. The maximum absolute atomic E-state index is 11.2.